The summed E-state index contributed by atoms with van der Waals surface area (Å²) >= 11 is 0. The summed E-state index contributed by atoms with van der Waals surface area (Å²) in [6, 6.07) is 7.16. The van der Waals surface area contributed by atoms with Crippen molar-refractivity contribution in [3.63, 3.8) is 0 Å². The molecule has 1 atom stereocenters. The summed E-state index contributed by atoms with van der Waals surface area (Å²) in [4.78, 5) is 6.38. The van der Waals surface area contributed by atoms with Gasteiger partial charge in [0.15, 0.2) is 0 Å². The number of allylic oxidation sites excluding steroid dienone is 6. The molecule has 1 unspecified atom stereocenters. The van der Waals surface area contributed by atoms with Crippen LogP contribution in [0.5, 0.6) is 0 Å². The van der Waals surface area contributed by atoms with E-state index in [9.17, 15) is 0 Å². The van der Waals surface area contributed by atoms with Crippen LogP contribution in [0.4, 0.5) is 0 Å². The average Bonchev–Trinajstić information content (AvgIpc) is 3.27. The molecular formula is C33H49N3. The van der Waals surface area contributed by atoms with Crippen LogP contribution in [0.3, 0.4) is 0 Å². The third-order valence-corrected chi connectivity index (χ3v) is 8.00. The second-order valence-electron chi connectivity index (χ2n) is 10.8. The number of fused-ring (bicyclic) bond motifs is 1. The van der Waals surface area contributed by atoms with Gasteiger partial charge in [-0.15, -0.1) is 0 Å². The molecule has 0 saturated carbocycles. The zero-order chi connectivity index (χ0) is 26.2. The monoisotopic (exact) mass is 487 g/mol. The van der Waals surface area contributed by atoms with Gasteiger partial charge in [0.2, 0.25) is 0 Å². The lowest BCUT2D eigenvalue weighted by molar-refractivity contribution is 0.225. The number of nitrogens with one attached hydrogen (secondary N) is 2. The molecule has 36 heavy (non-hydrogen) atoms. The molecule has 0 radical (unpaired) electrons. The number of hydrogen-bond donors (Lipinski definition) is 2. The van der Waals surface area contributed by atoms with Crippen molar-refractivity contribution in [3.05, 3.63) is 77.2 Å². The van der Waals surface area contributed by atoms with Gasteiger partial charge in [-0.1, -0.05) is 70.2 Å². The smallest absolute Gasteiger partial charge is 0.0499 e. The summed E-state index contributed by atoms with van der Waals surface area (Å²) in [6.45, 7) is 24.1. The predicted octanol–water partition coefficient (Wildman–Crippen LogP) is 8.55. The van der Waals surface area contributed by atoms with Crippen molar-refractivity contribution in [2.45, 2.75) is 79.6 Å². The Balaban J connectivity index is 1.90. The number of rotatable bonds is 11. The average molecular weight is 488 g/mol. The van der Waals surface area contributed by atoms with Gasteiger partial charge in [0, 0.05) is 35.4 Å². The quantitative estimate of drug-likeness (QED) is 0.311. The minimum Gasteiger partial charge on any atom is -0.388 e. The number of nitrogens with zero attached hydrogens (tertiary/aromatic N) is 1. The highest BCUT2D eigenvalue weighted by Gasteiger charge is 2.23. The van der Waals surface area contributed by atoms with E-state index in [1.807, 2.05) is 6.08 Å². The normalized spacial score (nSPS) is 17.7. The van der Waals surface area contributed by atoms with Gasteiger partial charge in [0.25, 0.3) is 0 Å². The van der Waals surface area contributed by atoms with E-state index < -0.39 is 0 Å². The first-order valence-electron chi connectivity index (χ1n) is 14.1. The Kier molecular flexibility index (Phi) is 10.2. The Bertz CT molecular complexity index is 1100. The third-order valence-electron chi connectivity index (χ3n) is 8.00. The summed E-state index contributed by atoms with van der Waals surface area (Å²) in [6.07, 6.45) is 12.2. The number of likely N-dealkylation sites (N-methyl/N-ethyl adjacent to an activating group) is 1. The van der Waals surface area contributed by atoms with Gasteiger partial charge in [-0.2, -0.15) is 0 Å². The van der Waals surface area contributed by atoms with Crippen molar-refractivity contribution < 1.29 is 0 Å². The van der Waals surface area contributed by atoms with Crippen molar-refractivity contribution in [1.29, 1.82) is 0 Å². The summed E-state index contributed by atoms with van der Waals surface area (Å²) in [5, 5.41) is 4.88. The molecule has 2 aromatic rings. The molecule has 1 aromatic heterocycles. The summed E-state index contributed by atoms with van der Waals surface area (Å²) in [7, 11) is 0. The van der Waals surface area contributed by atoms with Gasteiger partial charge in [0.05, 0.1) is 0 Å². The van der Waals surface area contributed by atoms with Crippen LogP contribution in [0.1, 0.15) is 96.4 Å². The SMILES string of the molecule is C=C/C=C(\C=C(\C)C(C)CC)c1[nH]c2ccc(C3CCN(C/C(=C/C)NCC)CC3)cc2c1C(C)C. The van der Waals surface area contributed by atoms with Crippen molar-refractivity contribution in [1.82, 2.24) is 15.2 Å². The van der Waals surface area contributed by atoms with Crippen molar-refractivity contribution in [2.75, 3.05) is 26.2 Å². The lowest BCUT2D eigenvalue weighted by Crippen LogP contribution is -2.36. The van der Waals surface area contributed by atoms with Crippen LogP contribution in [0.25, 0.3) is 16.5 Å². The number of benzene rings is 1. The third kappa shape index (κ3) is 6.62. The standard InChI is InChI=1S/C33H49N3/c1-9-13-28(20-25(8)24(7)10-2)33-32(23(5)6)30-21-27(14-15-31(30)35-33)26-16-18-36(19-17-26)22-29(11-3)34-12-4/h9,11,13-15,20-21,23-24,26,34-35H,1,10,12,16-19,22H2,2-8H3/b25-20-,28-13+,29-11-. The number of aromatic amines is 1. The van der Waals surface area contributed by atoms with Gasteiger partial charge in [-0.25, -0.2) is 0 Å². The minimum atomic E-state index is 0.432. The predicted molar refractivity (Wildman–Crippen MR) is 160 cm³/mol. The molecule has 0 amide bonds. The van der Waals surface area contributed by atoms with Crippen molar-refractivity contribution in [3.8, 4) is 0 Å². The van der Waals surface area contributed by atoms with Gasteiger partial charge < -0.3 is 10.3 Å². The van der Waals surface area contributed by atoms with E-state index in [0.717, 1.165) is 32.6 Å². The van der Waals surface area contributed by atoms with Crippen LogP contribution >= 0.6 is 0 Å². The molecule has 1 saturated heterocycles. The number of hydrogen-bond acceptors (Lipinski definition) is 2. The van der Waals surface area contributed by atoms with E-state index in [2.05, 4.69) is 107 Å². The molecule has 0 spiro atoms. The lowest BCUT2D eigenvalue weighted by Gasteiger charge is -2.33. The fourth-order valence-corrected chi connectivity index (χ4v) is 5.49. The Hall–Kier alpha value is -2.52. The molecule has 1 aliphatic rings. The molecule has 3 rings (SSSR count). The first-order valence-corrected chi connectivity index (χ1v) is 14.1. The van der Waals surface area contributed by atoms with Gasteiger partial charge in [-0.3, -0.25) is 4.90 Å². The Morgan fingerprint density at radius 1 is 1.19 bits per heavy atom. The van der Waals surface area contributed by atoms with Crippen LogP contribution in [0, 0.1) is 5.92 Å². The van der Waals surface area contributed by atoms with Crippen LogP contribution in [-0.2, 0) is 0 Å². The highest BCUT2D eigenvalue weighted by atomic mass is 15.1. The molecular weight excluding hydrogens is 438 g/mol. The molecule has 1 fully saturated rings. The van der Waals surface area contributed by atoms with E-state index >= 15 is 0 Å². The lowest BCUT2D eigenvalue weighted by atomic mass is 9.87. The molecule has 196 valence electrons. The first-order chi connectivity index (χ1) is 17.3. The number of piperidine rings is 1. The Morgan fingerprint density at radius 3 is 2.50 bits per heavy atom. The second-order valence-corrected chi connectivity index (χ2v) is 10.8. The number of H-pyrrole nitrogens is 1. The van der Waals surface area contributed by atoms with E-state index in [4.69, 9.17) is 0 Å². The zero-order valence-corrected chi connectivity index (χ0v) is 23.9. The van der Waals surface area contributed by atoms with Crippen molar-refractivity contribution >= 4 is 16.5 Å². The number of aromatic nitrogens is 1. The molecule has 1 aromatic carbocycles. The first kappa shape index (κ1) is 28.1. The summed E-state index contributed by atoms with van der Waals surface area (Å²) < 4.78 is 0. The molecule has 2 N–H and O–H groups in total. The second kappa shape index (κ2) is 13.1. The highest BCUT2D eigenvalue weighted by Crippen LogP contribution is 2.37. The largest absolute Gasteiger partial charge is 0.388 e. The zero-order valence-electron chi connectivity index (χ0n) is 23.9. The van der Waals surface area contributed by atoms with Gasteiger partial charge >= 0.3 is 0 Å². The highest BCUT2D eigenvalue weighted by molar-refractivity contribution is 5.92. The molecule has 0 bridgehead atoms. The fourth-order valence-electron chi connectivity index (χ4n) is 5.49. The molecule has 1 aliphatic heterocycles. The van der Waals surface area contributed by atoms with Crippen LogP contribution < -0.4 is 5.32 Å². The van der Waals surface area contributed by atoms with Crippen LogP contribution in [0.2, 0.25) is 0 Å². The van der Waals surface area contributed by atoms with Gasteiger partial charge in [0.1, 0.15) is 0 Å². The molecule has 0 aliphatic carbocycles. The van der Waals surface area contributed by atoms with E-state index in [0.29, 0.717) is 17.8 Å². The molecule has 3 heteroatoms. The van der Waals surface area contributed by atoms with Crippen LogP contribution in [-0.4, -0.2) is 36.1 Å². The Labute approximate surface area is 220 Å². The minimum absolute atomic E-state index is 0.432. The van der Waals surface area contributed by atoms with E-state index in [1.54, 1.807) is 0 Å². The maximum Gasteiger partial charge on any atom is 0.0499 e. The topological polar surface area (TPSA) is 31.1 Å². The van der Waals surface area contributed by atoms with Crippen molar-refractivity contribution in [2.24, 2.45) is 5.92 Å². The number of likely N-dealkylation sites (tertiary alicyclic amines) is 1. The summed E-state index contributed by atoms with van der Waals surface area (Å²) in [5.41, 5.74) is 9.40. The maximum absolute atomic E-state index is 4.01. The van der Waals surface area contributed by atoms with Crippen LogP contribution in [0.15, 0.2) is 60.4 Å². The maximum atomic E-state index is 4.01. The Morgan fingerprint density at radius 2 is 1.92 bits per heavy atom. The molecule has 3 nitrogen and oxygen atoms in total. The van der Waals surface area contributed by atoms with E-state index in [1.165, 1.54) is 57.4 Å². The van der Waals surface area contributed by atoms with E-state index in [-0.39, 0.29) is 0 Å². The van der Waals surface area contributed by atoms with Gasteiger partial charge in [-0.05, 0) is 99.7 Å². The molecule has 2 heterocycles. The fraction of sp³-hybridized carbons (Fsp3) is 0.515. The summed E-state index contributed by atoms with van der Waals surface area (Å²) in [5.74, 6) is 1.64.